The van der Waals surface area contributed by atoms with E-state index in [1.54, 1.807) is 24.3 Å². The smallest absolute Gasteiger partial charge is 0.335 e. The minimum absolute atomic E-state index is 0.0978. The number of carboxylic acid groups (broad SMARTS) is 1. The number of nitrogens with one attached hydrogen (secondary N) is 1. The van der Waals surface area contributed by atoms with Gasteiger partial charge in [0.15, 0.2) is 0 Å². The number of hydrogen-bond donors (Lipinski definition) is 2. The summed E-state index contributed by atoms with van der Waals surface area (Å²) in [5, 5.41) is 9.50. The minimum Gasteiger partial charge on any atom is -0.488 e. The molecule has 158 valence electrons. The normalized spacial score (nSPS) is 14.5. The Hall–Kier alpha value is -3.58. The molecule has 0 amide bonds. The number of fused-ring (bicyclic) bond motifs is 2. The molecule has 2 N–H and O–H groups in total. The molecule has 3 aromatic rings. The Morgan fingerprint density at radius 3 is 2.42 bits per heavy atom. The second-order valence-corrected chi connectivity index (χ2v) is 8.77. The van der Waals surface area contributed by atoms with Crippen LogP contribution in [0.25, 0.3) is 5.57 Å². The van der Waals surface area contributed by atoms with Crippen molar-refractivity contribution >= 4 is 21.6 Å². The number of ether oxygens (including phenoxy) is 1. The summed E-state index contributed by atoms with van der Waals surface area (Å²) in [6.07, 6.45) is 0.381. The Kier molecular flexibility index (Phi) is 5.52. The highest BCUT2D eigenvalue weighted by Gasteiger charge is 2.25. The van der Waals surface area contributed by atoms with Crippen molar-refractivity contribution in [2.75, 3.05) is 0 Å². The largest absolute Gasteiger partial charge is 0.488 e. The van der Waals surface area contributed by atoms with Crippen molar-refractivity contribution in [2.45, 2.75) is 24.8 Å². The van der Waals surface area contributed by atoms with Crippen molar-refractivity contribution < 1.29 is 23.1 Å². The average Bonchev–Trinajstić information content (AvgIpc) is 2.94. The summed E-state index contributed by atoms with van der Waals surface area (Å²) in [7, 11) is -3.83. The van der Waals surface area contributed by atoms with Gasteiger partial charge >= 0.3 is 5.97 Å². The van der Waals surface area contributed by atoms with Crippen LogP contribution in [0.2, 0.25) is 0 Å². The molecule has 0 radical (unpaired) electrons. The predicted molar refractivity (Wildman–Crippen MR) is 117 cm³/mol. The van der Waals surface area contributed by atoms with Gasteiger partial charge < -0.3 is 9.84 Å². The molecule has 0 saturated heterocycles. The number of aromatic carboxylic acids is 1. The molecule has 1 heterocycles. The van der Waals surface area contributed by atoms with E-state index < -0.39 is 16.0 Å². The van der Waals surface area contributed by atoms with E-state index in [4.69, 9.17) is 4.74 Å². The first-order valence-electron chi connectivity index (χ1n) is 9.80. The lowest BCUT2D eigenvalue weighted by Crippen LogP contribution is -2.24. The zero-order chi connectivity index (χ0) is 22.0. The van der Waals surface area contributed by atoms with Crippen molar-refractivity contribution in [1.82, 2.24) is 4.72 Å². The number of rotatable bonds is 5. The molecule has 0 bridgehead atoms. The summed E-state index contributed by atoms with van der Waals surface area (Å²) < 4.78 is 34.8. The summed E-state index contributed by atoms with van der Waals surface area (Å²) >= 11 is 0. The van der Waals surface area contributed by atoms with Crippen LogP contribution < -0.4 is 9.46 Å². The van der Waals surface area contributed by atoms with Crippen LogP contribution in [0.4, 0.5) is 0 Å². The lowest BCUT2D eigenvalue weighted by Gasteiger charge is -2.18. The average molecular weight is 436 g/mol. The molecule has 0 aromatic heterocycles. The van der Waals surface area contributed by atoms with Gasteiger partial charge in [-0.3, -0.25) is 4.72 Å². The molecular formula is C24H21NO5S. The zero-order valence-corrected chi connectivity index (χ0v) is 17.6. The fraction of sp³-hybridized carbons (Fsp3) is 0.125. The summed E-state index contributed by atoms with van der Waals surface area (Å²) in [6.45, 7) is 2.15. The fourth-order valence-electron chi connectivity index (χ4n) is 3.62. The number of allylic oxidation sites excluding steroid dienone is 1. The molecule has 0 aliphatic carbocycles. The van der Waals surface area contributed by atoms with Gasteiger partial charge in [-0.25, -0.2) is 13.2 Å². The van der Waals surface area contributed by atoms with E-state index in [0.717, 1.165) is 11.1 Å². The second-order valence-electron chi connectivity index (χ2n) is 7.09. The van der Waals surface area contributed by atoms with E-state index in [-0.39, 0.29) is 10.5 Å². The molecule has 0 fully saturated rings. The van der Waals surface area contributed by atoms with Gasteiger partial charge in [0.2, 0.25) is 0 Å². The zero-order valence-electron chi connectivity index (χ0n) is 16.8. The van der Waals surface area contributed by atoms with Gasteiger partial charge in [0.25, 0.3) is 10.0 Å². The molecular weight excluding hydrogens is 414 g/mol. The molecule has 7 heteroatoms. The third kappa shape index (κ3) is 4.04. The van der Waals surface area contributed by atoms with Crippen LogP contribution in [0.1, 0.15) is 40.4 Å². The molecule has 1 aliphatic rings. The molecule has 6 nitrogen and oxygen atoms in total. The highest BCUT2D eigenvalue weighted by molar-refractivity contribution is 7.89. The Labute approximate surface area is 180 Å². The number of sulfonamides is 1. The first kappa shape index (κ1) is 20.7. The van der Waals surface area contributed by atoms with Crippen LogP contribution in [0.15, 0.2) is 83.4 Å². The van der Waals surface area contributed by atoms with Crippen LogP contribution in [-0.4, -0.2) is 19.5 Å². The SMILES string of the molecule is CC/C(NS(=O)(=O)c1ccccc1)=C1/c2ccccc2COc2ccc(C(=O)O)cc21. The van der Waals surface area contributed by atoms with Gasteiger partial charge in [-0.2, -0.15) is 0 Å². The number of carbonyl (C=O) groups is 1. The van der Waals surface area contributed by atoms with E-state index in [9.17, 15) is 18.3 Å². The van der Waals surface area contributed by atoms with Crippen LogP contribution in [0.5, 0.6) is 5.75 Å². The Morgan fingerprint density at radius 2 is 1.71 bits per heavy atom. The Balaban J connectivity index is 1.97. The van der Waals surface area contributed by atoms with E-state index in [1.807, 2.05) is 31.2 Å². The number of hydrogen-bond acceptors (Lipinski definition) is 4. The third-order valence-corrected chi connectivity index (χ3v) is 6.54. The van der Waals surface area contributed by atoms with Crippen LogP contribution in [0, 0.1) is 0 Å². The first-order valence-corrected chi connectivity index (χ1v) is 11.3. The maximum absolute atomic E-state index is 13.1. The van der Waals surface area contributed by atoms with Crippen LogP contribution in [0.3, 0.4) is 0 Å². The first-order chi connectivity index (χ1) is 14.9. The molecule has 4 rings (SSSR count). The highest BCUT2D eigenvalue weighted by Crippen LogP contribution is 2.39. The van der Waals surface area contributed by atoms with E-state index in [0.29, 0.717) is 35.6 Å². The molecule has 0 saturated carbocycles. The van der Waals surface area contributed by atoms with Gasteiger partial charge in [0, 0.05) is 16.8 Å². The van der Waals surface area contributed by atoms with Crippen molar-refractivity contribution in [3.05, 3.63) is 101 Å². The van der Waals surface area contributed by atoms with E-state index >= 15 is 0 Å². The van der Waals surface area contributed by atoms with Crippen molar-refractivity contribution in [1.29, 1.82) is 0 Å². The number of carboxylic acids is 1. The minimum atomic E-state index is -3.83. The van der Waals surface area contributed by atoms with Crippen LogP contribution >= 0.6 is 0 Å². The topological polar surface area (TPSA) is 92.7 Å². The maximum Gasteiger partial charge on any atom is 0.335 e. The summed E-state index contributed by atoms with van der Waals surface area (Å²) in [6, 6.07) is 20.3. The molecule has 0 atom stereocenters. The molecule has 1 aliphatic heterocycles. The van der Waals surface area contributed by atoms with E-state index in [1.165, 1.54) is 24.3 Å². The van der Waals surface area contributed by atoms with Crippen molar-refractivity contribution in [3.8, 4) is 5.75 Å². The van der Waals surface area contributed by atoms with Gasteiger partial charge in [0.1, 0.15) is 12.4 Å². The van der Waals surface area contributed by atoms with Crippen molar-refractivity contribution in [3.63, 3.8) is 0 Å². The van der Waals surface area contributed by atoms with Gasteiger partial charge in [-0.15, -0.1) is 0 Å². The predicted octanol–water partition coefficient (Wildman–Crippen LogP) is 4.43. The molecule has 3 aromatic carbocycles. The monoisotopic (exact) mass is 435 g/mol. The maximum atomic E-state index is 13.1. The standard InChI is InChI=1S/C24H21NO5S/c1-2-21(25-31(28,29)18-9-4-3-5-10-18)23-19-11-7-6-8-17(19)15-30-22-13-12-16(24(26)27)14-20(22)23/h3-14,25H,2,15H2,1H3,(H,26,27)/b23-21+. The third-order valence-electron chi connectivity index (χ3n) is 5.13. The summed E-state index contributed by atoms with van der Waals surface area (Å²) in [5.41, 5.74) is 3.41. The lowest BCUT2D eigenvalue weighted by atomic mass is 9.91. The summed E-state index contributed by atoms with van der Waals surface area (Å²) in [4.78, 5) is 11.8. The second kappa shape index (κ2) is 8.28. The number of benzene rings is 3. The van der Waals surface area contributed by atoms with Gasteiger partial charge in [0.05, 0.1) is 10.5 Å². The Bertz CT molecular complexity index is 1280. The van der Waals surface area contributed by atoms with Crippen LogP contribution in [-0.2, 0) is 16.6 Å². The summed E-state index contributed by atoms with van der Waals surface area (Å²) in [5.74, 6) is -0.566. The quantitative estimate of drug-likeness (QED) is 0.619. The highest BCUT2D eigenvalue weighted by atomic mass is 32.2. The lowest BCUT2D eigenvalue weighted by molar-refractivity contribution is 0.0696. The molecule has 31 heavy (non-hydrogen) atoms. The fourth-order valence-corrected chi connectivity index (χ4v) is 4.82. The Morgan fingerprint density at radius 1 is 1.00 bits per heavy atom. The van der Waals surface area contributed by atoms with Crippen molar-refractivity contribution in [2.24, 2.45) is 0 Å². The van der Waals surface area contributed by atoms with Gasteiger partial charge in [-0.05, 0) is 47.9 Å². The molecule has 0 unspecified atom stereocenters. The molecule has 0 spiro atoms. The van der Waals surface area contributed by atoms with E-state index in [2.05, 4.69) is 4.72 Å². The van der Waals surface area contributed by atoms with Gasteiger partial charge in [-0.1, -0.05) is 49.4 Å².